The van der Waals surface area contributed by atoms with Gasteiger partial charge in [-0.15, -0.1) is 0 Å². The molecule has 0 aliphatic heterocycles. The van der Waals surface area contributed by atoms with Crippen molar-refractivity contribution >= 4 is 33.0 Å². The van der Waals surface area contributed by atoms with Gasteiger partial charge < -0.3 is 5.73 Å². The smallest absolute Gasteiger partial charge is 0.234 e. The quantitative estimate of drug-likeness (QED) is 0.845. The first-order valence-electron chi connectivity index (χ1n) is 4.90. The van der Waals surface area contributed by atoms with E-state index in [-0.39, 0.29) is 5.75 Å². The van der Waals surface area contributed by atoms with Gasteiger partial charge in [-0.05, 0) is 24.6 Å². The third-order valence-corrected chi connectivity index (χ3v) is 4.40. The van der Waals surface area contributed by atoms with Gasteiger partial charge in [-0.2, -0.15) is 0 Å². The van der Waals surface area contributed by atoms with Crippen molar-refractivity contribution in [3.63, 3.8) is 0 Å². The van der Waals surface area contributed by atoms with E-state index in [1.54, 1.807) is 18.2 Å². The highest BCUT2D eigenvalue weighted by atomic mass is 35.5. The molecule has 6 heteroatoms. The second-order valence-corrected chi connectivity index (χ2v) is 6.04. The molecule has 0 bridgehead atoms. The molecule has 0 amide bonds. The van der Waals surface area contributed by atoms with Crippen LogP contribution in [-0.4, -0.2) is 21.2 Å². The van der Waals surface area contributed by atoms with E-state index in [1.165, 1.54) is 11.4 Å². The van der Waals surface area contributed by atoms with Crippen molar-refractivity contribution in [1.82, 2.24) is 0 Å². The van der Waals surface area contributed by atoms with Crippen LogP contribution in [0.2, 0.25) is 5.02 Å². The first kappa shape index (κ1) is 13.1. The van der Waals surface area contributed by atoms with Gasteiger partial charge in [0.15, 0.2) is 0 Å². The van der Waals surface area contributed by atoms with Crippen LogP contribution in [-0.2, 0) is 10.0 Å². The Morgan fingerprint density at radius 1 is 1.44 bits per heavy atom. The highest BCUT2D eigenvalue weighted by Gasteiger charge is 2.19. The number of benzene rings is 1. The van der Waals surface area contributed by atoms with Crippen molar-refractivity contribution in [1.29, 1.82) is 0 Å². The van der Waals surface area contributed by atoms with Gasteiger partial charge in [0.25, 0.3) is 0 Å². The topological polar surface area (TPSA) is 63.4 Å². The fraction of sp³-hybridized carbons (Fsp3) is 0.400. The van der Waals surface area contributed by atoms with Gasteiger partial charge in [0, 0.05) is 12.1 Å². The van der Waals surface area contributed by atoms with Crippen molar-refractivity contribution in [3.8, 4) is 0 Å². The summed E-state index contributed by atoms with van der Waals surface area (Å²) in [5.41, 5.74) is 6.53. The highest BCUT2D eigenvalue weighted by Crippen LogP contribution is 2.27. The molecule has 0 fully saturated rings. The molecule has 0 saturated carbocycles. The van der Waals surface area contributed by atoms with Gasteiger partial charge in [0.2, 0.25) is 10.0 Å². The Balaban J connectivity index is 3.14. The molecule has 1 aromatic rings. The summed E-state index contributed by atoms with van der Waals surface area (Å²) < 4.78 is 24.8. The van der Waals surface area contributed by atoms with Gasteiger partial charge in [-0.3, -0.25) is 4.31 Å². The number of halogens is 1. The molecule has 0 atom stereocenters. The minimum Gasteiger partial charge on any atom is -0.397 e. The van der Waals surface area contributed by atoms with Crippen LogP contribution in [0.4, 0.5) is 11.4 Å². The third kappa shape index (κ3) is 2.80. The lowest BCUT2D eigenvalue weighted by Crippen LogP contribution is -2.29. The van der Waals surface area contributed by atoms with Gasteiger partial charge in [0.05, 0.1) is 17.1 Å². The van der Waals surface area contributed by atoms with E-state index in [4.69, 9.17) is 17.3 Å². The Kier molecular flexibility index (Phi) is 4.04. The summed E-state index contributed by atoms with van der Waals surface area (Å²) in [5.74, 6) is 0.0927. The second kappa shape index (κ2) is 4.93. The third-order valence-electron chi connectivity index (χ3n) is 2.21. The molecule has 0 spiro atoms. The molecule has 0 heterocycles. The lowest BCUT2D eigenvalue weighted by Gasteiger charge is -2.20. The van der Waals surface area contributed by atoms with E-state index in [0.717, 1.165) is 0 Å². The Morgan fingerprint density at radius 2 is 2.06 bits per heavy atom. The molecular formula is C10H15ClN2O2S. The summed E-state index contributed by atoms with van der Waals surface area (Å²) in [6, 6.07) is 4.76. The van der Waals surface area contributed by atoms with E-state index in [2.05, 4.69) is 0 Å². The predicted molar refractivity (Wildman–Crippen MR) is 68.3 cm³/mol. The van der Waals surface area contributed by atoms with E-state index in [9.17, 15) is 8.42 Å². The number of nitrogen functional groups attached to an aromatic ring is 1. The minimum atomic E-state index is -3.31. The molecular weight excluding hydrogens is 248 g/mol. The maximum absolute atomic E-state index is 11.8. The fourth-order valence-electron chi connectivity index (χ4n) is 1.33. The molecule has 1 rings (SSSR count). The molecule has 0 saturated heterocycles. The number of hydrogen-bond donors (Lipinski definition) is 1. The van der Waals surface area contributed by atoms with Crippen molar-refractivity contribution in [3.05, 3.63) is 23.2 Å². The van der Waals surface area contributed by atoms with E-state index < -0.39 is 10.0 Å². The van der Waals surface area contributed by atoms with Crippen molar-refractivity contribution in [2.24, 2.45) is 0 Å². The highest BCUT2D eigenvalue weighted by molar-refractivity contribution is 7.92. The summed E-state index contributed by atoms with van der Waals surface area (Å²) >= 11 is 5.81. The number of nitrogens with zero attached hydrogens (tertiary/aromatic N) is 1. The summed E-state index contributed by atoms with van der Waals surface area (Å²) in [6.07, 6.45) is 0.563. The van der Waals surface area contributed by atoms with Crippen LogP contribution in [0.3, 0.4) is 0 Å². The van der Waals surface area contributed by atoms with Crippen LogP contribution in [0.25, 0.3) is 0 Å². The van der Waals surface area contributed by atoms with Crippen molar-refractivity contribution < 1.29 is 8.42 Å². The van der Waals surface area contributed by atoms with Gasteiger partial charge >= 0.3 is 0 Å². The molecule has 4 nitrogen and oxygen atoms in total. The number of sulfonamides is 1. The number of rotatable bonds is 4. The molecule has 1 aromatic carbocycles. The zero-order valence-electron chi connectivity index (χ0n) is 9.27. The van der Waals surface area contributed by atoms with Crippen LogP contribution < -0.4 is 10.0 Å². The second-order valence-electron chi connectivity index (χ2n) is 3.49. The van der Waals surface area contributed by atoms with E-state index >= 15 is 0 Å². The fourth-order valence-corrected chi connectivity index (χ4v) is 2.75. The summed E-state index contributed by atoms with van der Waals surface area (Å²) in [7, 11) is -1.83. The van der Waals surface area contributed by atoms with Gasteiger partial charge in [0.1, 0.15) is 0 Å². The molecule has 0 radical (unpaired) electrons. The Hall–Kier alpha value is -0.940. The summed E-state index contributed by atoms with van der Waals surface area (Å²) in [4.78, 5) is 0. The van der Waals surface area contributed by atoms with Crippen LogP contribution in [0, 0.1) is 0 Å². The number of anilines is 2. The predicted octanol–water partition coefficient (Wildman–Crippen LogP) is 2.10. The standard InChI is InChI=1S/C10H15ClN2O2S/c1-3-6-16(14,15)13(2)10-7-8(11)4-5-9(10)12/h4-5,7H,3,6,12H2,1-2H3. The van der Waals surface area contributed by atoms with Crippen molar-refractivity contribution in [2.75, 3.05) is 22.8 Å². The monoisotopic (exact) mass is 262 g/mol. The Labute approximate surface area is 101 Å². The van der Waals surface area contributed by atoms with Crippen LogP contribution in [0.15, 0.2) is 18.2 Å². The van der Waals surface area contributed by atoms with Crippen molar-refractivity contribution in [2.45, 2.75) is 13.3 Å². The minimum absolute atomic E-state index is 0.0927. The number of nitrogens with two attached hydrogens (primary N) is 1. The lowest BCUT2D eigenvalue weighted by molar-refractivity contribution is 0.593. The molecule has 0 aliphatic carbocycles. The van der Waals surface area contributed by atoms with E-state index in [0.29, 0.717) is 22.8 Å². The molecule has 0 unspecified atom stereocenters. The van der Waals surface area contributed by atoms with Crippen LogP contribution in [0.1, 0.15) is 13.3 Å². The molecule has 2 N–H and O–H groups in total. The van der Waals surface area contributed by atoms with Crippen LogP contribution in [0.5, 0.6) is 0 Å². The number of hydrogen-bond acceptors (Lipinski definition) is 3. The first-order chi connectivity index (χ1) is 7.38. The maximum Gasteiger partial charge on any atom is 0.234 e. The van der Waals surface area contributed by atoms with Gasteiger partial charge in [-0.25, -0.2) is 8.42 Å². The zero-order valence-corrected chi connectivity index (χ0v) is 10.8. The average molecular weight is 263 g/mol. The largest absolute Gasteiger partial charge is 0.397 e. The van der Waals surface area contributed by atoms with Crippen LogP contribution >= 0.6 is 11.6 Å². The molecule has 16 heavy (non-hydrogen) atoms. The maximum atomic E-state index is 11.8. The molecule has 0 aliphatic rings. The average Bonchev–Trinajstić information content (AvgIpc) is 2.20. The zero-order chi connectivity index (χ0) is 12.3. The van der Waals surface area contributed by atoms with E-state index in [1.807, 2.05) is 6.92 Å². The summed E-state index contributed by atoms with van der Waals surface area (Å²) in [6.45, 7) is 1.81. The normalized spacial score (nSPS) is 11.4. The molecule has 0 aromatic heterocycles. The molecule has 90 valence electrons. The Bertz CT molecular complexity index is 474. The Morgan fingerprint density at radius 3 is 2.62 bits per heavy atom. The SMILES string of the molecule is CCCS(=O)(=O)N(C)c1cc(Cl)ccc1N. The van der Waals surface area contributed by atoms with Gasteiger partial charge in [-0.1, -0.05) is 18.5 Å². The summed E-state index contributed by atoms with van der Waals surface area (Å²) in [5, 5.41) is 0.461. The first-order valence-corrected chi connectivity index (χ1v) is 6.89. The lowest BCUT2D eigenvalue weighted by atomic mass is 10.3.